The fraction of sp³-hybridized carbons (Fsp3) is 1.00. The summed E-state index contributed by atoms with van der Waals surface area (Å²) < 4.78 is 0. The fourth-order valence-electron chi connectivity index (χ4n) is 2.05. The third-order valence-corrected chi connectivity index (χ3v) is 3.12. The van der Waals surface area contributed by atoms with E-state index in [9.17, 15) is 0 Å². The minimum Gasteiger partial charge on any atom is -0.0651 e. The van der Waals surface area contributed by atoms with E-state index in [1.807, 2.05) is 0 Å². The molecule has 0 bridgehead atoms. The molecule has 10 heavy (non-hydrogen) atoms. The van der Waals surface area contributed by atoms with Crippen LogP contribution in [0.25, 0.3) is 0 Å². The van der Waals surface area contributed by atoms with E-state index in [1.165, 1.54) is 38.5 Å². The predicted octanol–water partition coefficient (Wildman–Crippen LogP) is 3.61. The van der Waals surface area contributed by atoms with Crippen molar-refractivity contribution in [3.63, 3.8) is 0 Å². The molecular formula is C10H20. The topological polar surface area (TPSA) is 0 Å². The first-order valence-electron chi connectivity index (χ1n) is 4.86. The molecule has 0 unspecified atom stereocenters. The van der Waals surface area contributed by atoms with Crippen molar-refractivity contribution >= 4 is 0 Å². The molecular weight excluding hydrogens is 120 g/mol. The lowest BCUT2D eigenvalue weighted by Crippen LogP contribution is -2.12. The molecule has 0 aliphatic heterocycles. The third-order valence-electron chi connectivity index (χ3n) is 3.12. The highest BCUT2D eigenvalue weighted by molar-refractivity contribution is 4.70. The molecule has 1 rings (SSSR count). The molecule has 0 saturated heterocycles. The van der Waals surface area contributed by atoms with E-state index in [-0.39, 0.29) is 0 Å². The Morgan fingerprint density at radius 3 is 1.30 bits per heavy atom. The summed E-state index contributed by atoms with van der Waals surface area (Å²) >= 11 is 0. The molecule has 0 heterocycles. The summed E-state index contributed by atoms with van der Waals surface area (Å²) in [5.41, 5.74) is 0. The highest BCUT2D eigenvalue weighted by atomic mass is 14.2. The van der Waals surface area contributed by atoms with E-state index in [0.29, 0.717) is 0 Å². The molecule has 0 aromatic rings. The Balaban J connectivity index is 2.17. The average molecular weight is 140 g/mol. The summed E-state index contributed by atoms with van der Waals surface area (Å²) in [5, 5.41) is 0. The Labute approximate surface area is 65.0 Å². The Hall–Kier alpha value is 0. The predicted molar refractivity (Wildman–Crippen MR) is 46.0 cm³/mol. The van der Waals surface area contributed by atoms with Crippen molar-refractivity contribution < 1.29 is 0 Å². The molecule has 1 aliphatic carbocycles. The lowest BCUT2D eigenvalue weighted by Gasteiger charge is -2.26. The molecule has 0 nitrogen and oxygen atoms in total. The van der Waals surface area contributed by atoms with Gasteiger partial charge < -0.3 is 0 Å². The summed E-state index contributed by atoms with van der Waals surface area (Å²) in [7, 11) is 0. The van der Waals surface area contributed by atoms with Crippen LogP contribution in [0, 0.1) is 11.8 Å². The number of hydrogen-bond donors (Lipinski definition) is 0. The molecule has 0 N–H and O–H groups in total. The van der Waals surface area contributed by atoms with Gasteiger partial charge in [-0.25, -0.2) is 0 Å². The van der Waals surface area contributed by atoms with Gasteiger partial charge in [0.2, 0.25) is 0 Å². The Bertz CT molecular complexity index is 66.0. The van der Waals surface area contributed by atoms with Crippen molar-refractivity contribution in [3.05, 3.63) is 0 Å². The van der Waals surface area contributed by atoms with Gasteiger partial charge in [-0.1, -0.05) is 52.4 Å². The molecule has 0 atom stereocenters. The molecule has 0 spiro atoms. The highest BCUT2D eigenvalue weighted by Crippen LogP contribution is 2.31. The van der Waals surface area contributed by atoms with Crippen molar-refractivity contribution in [2.75, 3.05) is 0 Å². The zero-order valence-electron chi connectivity index (χ0n) is 7.40. The van der Waals surface area contributed by atoms with Crippen molar-refractivity contribution in [2.45, 2.75) is 52.4 Å². The maximum atomic E-state index is 2.33. The summed E-state index contributed by atoms with van der Waals surface area (Å²) in [6, 6.07) is 0. The van der Waals surface area contributed by atoms with E-state index in [4.69, 9.17) is 0 Å². The molecule has 60 valence electrons. The molecule has 0 radical (unpaired) electrons. The molecule has 1 saturated carbocycles. The van der Waals surface area contributed by atoms with Crippen molar-refractivity contribution in [1.82, 2.24) is 0 Å². The minimum absolute atomic E-state index is 1.07. The lowest BCUT2D eigenvalue weighted by atomic mass is 9.80. The van der Waals surface area contributed by atoms with Crippen LogP contribution in [-0.4, -0.2) is 0 Å². The van der Waals surface area contributed by atoms with Crippen LogP contribution in [0.3, 0.4) is 0 Å². The van der Waals surface area contributed by atoms with Crippen LogP contribution in [0.5, 0.6) is 0 Å². The van der Waals surface area contributed by atoms with E-state index in [2.05, 4.69) is 13.8 Å². The van der Waals surface area contributed by atoms with Crippen molar-refractivity contribution in [2.24, 2.45) is 11.8 Å². The number of rotatable bonds is 2. The van der Waals surface area contributed by atoms with Crippen LogP contribution >= 0.6 is 0 Å². The van der Waals surface area contributed by atoms with Gasteiger partial charge in [0.25, 0.3) is 0 Å². The van der Waals surface area contributed by atoms with Gasteiger partial charge in [-0.3, -0.25) is 0 Å². The van der Waals surface area contributed by atoms with Crippen LogP contribution in [0.15, 0.2) is 0 Å². The second kappa shape index (κ2) is 4.00. The summed E-state index contributed by atoms with van der Waals surface area (Å²) in [6.07, 6.45) is 8.86. The van der Waals surface area contributed by atoms with Gasteiger partial charge in [0.05, 0.1) is 0 Å². The van der Waals surface area contributed by atoms with Gasteiger partial charge in [0.1, 0.15) is 0 Å². The van der Waals surface area contributed by atoms with Crippen molar-refractivity contribution in [1.29, 1.82) is 0 Å². The summed E-state index contributed by atoms with van der Waals surface area (Å²) in [4.78, 5) is 0. The zero-order valence-corrected chi connectivity index (χ0v) is 7.40. The largest absolute Gasteiger partial charge is 0.0651 e. The SMILES string of the molecule is CC[C@H]1CC[C@H](CC)CC1. The van der Waals surface area contributed by atoms with Gasteiger partial charge >= 0.3 is 0 Å². The van der Waals surface area contributed by atoms with Crippen LogP contribution in [0.1, 0.15) is 52.4 Å². The fourth-order valence-corrected chi connectivity index (χ4v) is 2.05. The van der Waals surface area contributed by atoms with Gasteiger partial charge in [0, 0.05) is 0 Å². The van der Waals surface area contributed by atoms with Crippen LogP contribution < -0.4 is 0 Å². The first-order valence-corrected chi connectivity index (χ1v) is 4.86. The minimum atomic E-state index is 1.07. The Morgan fingerprint density at radius 2 is 1.10 bits per heavy atom. The first-order chi connectivity index (χ1) is 4.86. The summed E-state index contributed by atoms with van der Waals surface area (Å²) in [6.45, 7) is 4.66. The lowest BCUT2D eigenvalue weighted by molar-refractivity contribution is 0.264. The highest BCUT2D eigenvalue weighted by Gasteiger charge is 2.17. The quantitative estimate of drug-likeness (QED) is 0.549. The summed E-state index contributed by atoms with van der Waals surface area (Å²) in [5.74, 6) is 2.14. The molecule has 1 aliphatic rings. The van der Waals surface area contributed by atoms with E-state index >= 15 is 0 Å². The maximum absolute atomic E-state index is 2.33. The first kappa shape index (κ1) is 8.10. The van der Waals surface area contributed by atoms with Gasteiger partial charge in [-0.2, -0.15) is 0 Å². The molecule has 0 heteroatoms. The zero-order chi connectivity index (χ0) is 7.40. The Morgan fingerprint density at radius 1 is 0.800 bits per heavy atom. The van der Waals surface area contributed by atoms with Crippen LogP contribution in [0.4, 0.5) is 0 Å². The molecule has 1 fully saturated rings. The average Bonchev–Trinajstić information content (AvgIpc) is 2.05. The van der Waals surface area contributed by atoms with Gasteiger partial charge in [-0.15, -0.1) is 0 Å². The molecule has 0 aromatic heterocycles. The second-order valence-electron chi connectivity index (χ2n) is 3.70. The molecule has 0 amide bonds. The van der Waals surface area contributed by atoms with Gasteiger partial charge in [0.15, 0.2) is 0 Å². The maximum Gasteiger partial charge on any atom is -0.0417 e. The van der Waals surface area contributed by atoms with E-state index in [1.54, 1.807) is 0 Å². The van der Waals surface area contributed by atoms with Crippen LogP contribution in [0.2, 0.25) is 0 Å². The Kier molecular flexibility index (Phi) is 3.24. The normalized spacial score (nSPS) is 34.2. The van der Waals surface area contributed by atoms with E-state index < -0.39 is 0 Å². The van der Waals surface area contributed by atoms with E-state index in [0.717, 1.165) is 11.8 Å². The molecule has 0 aromatic carbocycles. The van der Waals surface area contributed by atoms with Crippen LogP contribution in [-0.2, 0) is 0 Å². The monoisotopic (exact) mass is 140 g/mol. The second-order valence-corrected chi connectivity index (χ2v) is 3.70. The third kappa shape index (κ3) is 2.00. The van der Waals surface area contributed by atoms with Crippen molar-refractivity contribution in [3.8, 4) is 0 Å². The van der Waals surface area contributed by atoms with Gasteiger partial charge in [-0.05, 0) is 11.8 Å². The number of hydrogen-bond acceptors (Lipinski definition) is 0. The standard InChI is InChI=1S/C10H20/c1-3-9-5-7-10(4-2)8-6-9/h9-10H,3-8H2,1-2H3/t9-,10-. The smallest absolute Gasteiger partial charge is 0.0417 e.